The van der Waals surface area contributed by atoms with Gasteiger partial charge in [-0.3, -0.25) is 14.7 Å². The van der Waals surface area contributed by atoms with Crippen molar-refractivity contribution >= 4 is 35.8 Å². The molecular weight excluding hydrogens is 481 g/mol. The lowest BCUT2D eigenvalue weighted by Gasteiger charge is -2.34. The predicted molar refractivity (Wildman–Crippen MR) is 129 cm³/mol. The van der Waals surface area contributed by atoms with Crippen molar-refractivity contribution in [1.82, 2.24) is 20.4 Å². The van der Waals surface area contributed by atoms with Crippen molar-refractivity contribution in [3.63, 3.8) is 0 Å². The van der Waals surface area contributed by atoms with E-state index in [0.29, 0.717) is 5.92 Å². The van der Waals surface area contributed by atoms with E-state index in [2.05, 4.69) is 39.6 Å². The van der Waals surface area contributed by atoms with Crippen LogP contribution in [-0.4, -0.2) is 81.6 Å². The highest BCUT2D eigenvalue weighted by Crippen LogP contribution is 2.21. The fraction of sp³-hybridized carbons (Fsp3) is 0.619. The Balaban J connectivity index is 0.00000420. The third kappa shape index (κ3) is 8.77. The van der Waals surface area contributed by atoms with Crippen molar-refractivity contribution < 1.29 is 9.53 Å². The topological polar surface area (TPSA) is 69.2 Å². The lowest BCUT2D eigenvalue weighted by molar-refractivity contribution is -0.130. The number of carbonyl (C=O) groups excluding carboxylic acids is 1. The minimum Gasteiger partial charge on any atom is -0.497 e. The maximum Gasteiger partial charge on any atom is 0.219 e. The number of ether oxygens (including phenoxy) is 1. The molecule has 7 nitrogen and oxygen atoms in total. The van der Waals surface area contributed by atoms with Crippen LogP contribution in [0.15, 0.2) is 29.3 Å². The summed E-state index contributed by atoms with van der Waals surface area (Å²) >= 11 is 0. The summed E-state index contributed by atoms with van der Waals surface area (Å²) < 4.78 is 5.22. The first kappa shape index (κ1) is 25.5. The van der Waals surface area contributed by atoms with Crippen LogP contribution in [0.2, 0.25) is 0 Å². The van der Waals surface area contributed by atoms with Gasteiger partial charge in [0.05, 0.1) is 7.11 Å². The van der Waals surface area contributed by atoms with E-state index in [1.807, 2.05) is 17.0 Å². The second kappa shape index (κ2) is 13.6. The zero-order valence-electron chi connectivity index (χ0n) is 18.1. The van der Waals surface area contributed by atoms with Crippen molar-refractivity contribution in [2.75, 3.05) is 60.0 Å². The lowest BCUT2D eigenvalue weighted by atomic mass is 9.98. The molecule has 29 heavy (non-hydrogen) atoms. The second-order valence-electron chi connectivity index (χ2n) is 7.24. The molecule has 2 N–H and O–H groups in total. The number of nitrogens with zero attached hydrogens (tertiary/aromatic N) is 3. The van der Waals surface area contributed by atoms with Crippen LogP contribution in [0.5, 0.6) is 5.75 Å². The van der Waals surface area contributed by atoms with E-state index in [0.717, 1.165) is 63.9 Å². The van der Waals surface area contributed by atoms with Gasteiger partial charge in [0.15, 0.2) is 5.96 Å². The number of piperazine rings is 1. The average molecular weight is 517 g/mol. The molecule has 0 radical (unpaired) electrons. The average Bonchev–Trinajstić information content (AvgIpc) is 2.72. The van der Waals surface area contributed by atoms with Crippen LogP contribution in [0, 0.1) is 0 Å². The van der Waals surface area contributed by atoms with E-state index >= 15 is 0 Å². The summed E-state index contributed by atoms with van der Waals surface area (Å²) in [6.07, 6.45) is 1.03. The molecule has 0 aliphatic carbocycles. The Hall–Kier alpha value is -1.55. The van der Waals surface area contributed by atoms with Crippen LogP contribution in [0.4, 0.5) is 0 Å². The summed E-state index contributed by atoms with van der Waals surface area (Å²) in [5.74, 6) is 2.37. The van der Waals surface area contributed by atoms with Crippen LogP contribution in [0.25, 0.3) is 0 Å². The van der Waals surface area contributed by atoms with Gasteiger partial charge in [0.25, 0.3) is 0 Å². The van der Waals surface area contributed by atoms with Crippen LogP contribution < -0.4 is 15.4 Å². The number of nitrogens with one attached hydrogen (secondary N) is 2. The smallest absolute Gasteiger partial charge is 0.219 e. The third-order valence-electron chi connectivity index (χ3n) is 5.32. The van der Waals surface area contributed by atoms with E-state index in [4.69, 9.17) is 4.74 Å². The standard InChI is InChI=1S/C21H35N5O2.HI/c1-17(19-5-7-20(28-4)8-6-19)9-10-23-21(22-3)24-11-12-25-13-15-26(16-14-25)18(2)27;/h5-8,17H,9-16H2,1-4H3,(H2,22,23,24);1H. The summed E-state index contributed by atoms with van der Waals surface area (Å²) in [6, 6.07) is 8.27. The first-order chi connectivity index (χ1) is 13.5. The van der Waals surface area contributed by atoms with Gasteiger partial charge in [0.2, 0.25) is 5.91 Å². The number of hydrogen-bond acceptors (Lipinski definition) is 4. The quantitative estimate of drug-likeness (QED) is 0.314. The van der Waals surface area contributed by atoms with E-state index in [1.54, 1.807) is 21.1 Å². The number of methoxy groups -OCH3 is 1. The number of hydrogen-bond donors (Lipinski definition) is 2. The minimum absolute atomic E-state index is 0. The predicted octanol–water partition coefficient (Wildman–Crippen LogP) is 2.14. The molecule has 1 aromatic carbocycles. The molecule has 164 valence electrons. The molecule has 0 saturated carbocycles. The summed E-state index contributed by atoms with van der Waals surface area (Å²) in [6.45, 7) is 10.1. The first-order valence-corrected chi connectivity index (χ1v) is 10.1. The Labute approximate surface area is 192 Å². The monoisotopic (exact) mass is 517 g/mol. The molecular formula is C21H36IN5O2. The molecule has 1 heterocycles. The Morgan fingerprint density at radius 2 is 1.76 bits per heavy atom. The zero-order chi connectivity index (χ0) is 20.4. The van der Waals surface area contributed by atoms with Gasteiger partial charge in [-0.05, 0) is 30.0 Å². The summed E-state index contributed by atoms with van der Waals surface area (Å²) in [4.78, 5) is 20.0. The molecule has 1 amide bonds. The Bertz CT molecular complexity index is 630. The van der Waals surface area contributed by atoms with E-state index in [1.165, 1.54) is 5.56 Å². The van der Waals surface area contributed by atoms with Crippen molar-refractivity contribution in [3.8, 4) is 5.75 Å². The Morgan fingerprint density at radius 3 is 2.31 bits per heavy atom. The lowest BCUT2D eigenvalue weighted by Crippen LogP contribution is -2.50. The highest BCUT2D eigenvalue weighted by Gasteiger charge is 2.17. The number of guanidine groups is 1. The van der Waals surface area contributed by atoms with Gasteiger partial charge in [-0.15, -0.1) is 24.0 Å². The van der Waals surface area contributed by atoms with Gasteiger partial charge < -0.3 is 20.3 Å². The van der Waals surface area contributed by atoms with Crippen LogP contribution in [-0.2, 0) is 4.79 Å². The molecule has 0 bridgehead atoms. The number of aliphatic imine (C=N–C) groups is 1. The summed E-state index contributed by atoms with van der Waals surface area (Å²) in [7, 11) is 3.49. The number of carbonyl (C=O) groups is 1. The van der Waals surface area contributed by atoms with Gasteiger partial charge >= 0.3 is 0 Å². The molecule has 2 rings (SSSR count). The van der Waals surface area contributed by atoms with Crippen LogP contribution >= 0.6 is 24.0 Å². The molecule has 0 aromatic heterocycles. The molecule has 1 fully saturated rings. The van der Waals surface area contributed by atoms with Gasteiger partial charge in [-0.1, -0.05) is 19.1 Å². The van der Waals surface area contributed by atoms with Crippen LogP contribution in [0.3, 0.4) is 0 Å². The SMILES string of the molecule is CN=C(NCCC(C)c1ccc(OC)cc1)NCCN1CCN(C(C)=O)CC1.I. The summed E-state index contributed by atoms with van der Waals surface area (Å²) in [5, 5.41) is 6.77. The zero-order valence-corrected chi connectivity index (χ0v) is 20.4. The normalized spacial score (nSPS) is 16.0. The van der Waals surface area contributed by atoms with Crippen LogP contribution in [0.1, 0.15) is 31.7 Å². The molecule has 1 aliphatic heterocycles. The van der Waals surface area contributed by atoms with E-state index in [9.17, 15) is 4.79 Å². The van der Waals surface area contributed by atoms with Gasteiger partial charge in [-0.25, -0.2) is 0 Å². The minimum atomic E-state index is 0. The maximum absolute atomic E-state index is 11.4. The highest BCUT2D eigenvalue weighted by atomic mass is 127. The summed E-state index contributed by atoms with van der Waals surface area (Å²) in [5.41, 5.74) is 1.32. The molecule has 1 unspecified atom stereocenters. The molecule has 1 saturated heterocycles. The first-order valence-electron chi connectivity index (χ1n) is 10.1. The van der Waals surface area contributed by atoms with Gasteiger partial charge in [0.1, 0.15) is 5.75 Å². The maximum atomic E-state index is 11.4. The number of halogens is 1. The molecule has 1 atom stereocenters. The van der Waals surface area contributed by atoms with E-state index < -0.39 is 0 Å². The van der Waals surface area contributed by atoms with E-state index in [-0.39, 0.29) is 29.9 Å². The number of amides is 1. The third-order valence-corrected chi connectivity index (χ3v) is 5.32. The van der Waals surface area contributed by atoms with Crippen molar-refractivity contribution in [1.29, 1.82) is 0 Å². The van der Waals surface area contributed by atoms with Crippen molar-refractivity contribution in [3.05, 3.63) is 29.8 Å². The molecule has 0 spiro atoms. The number of benzene rings is 1. The molecule has 1 aromatic rings. The van der Waals surface area contributed by atoms with Crippen molar-refractivity contribution in [2.24, 2.45) is 4.99 Å². The fourth-order valence-corrected chi connectivity index (χ4v) is 3.35. The van der Waals surface area contributed by atoms with Gasteiger partial charge in [0, 0.05) is 59.8 Å². The van der Waals surface area contributed by atoms with Crippen molar-refractivity contribution in [2.45, 2.75) is 26.2 Å². The molecule has 8 heteroatoms. The molecule has 1 aliphatic rings. The second-order valence-corrected chi connectivity index (χ2v) is 7.24. The fourth-order valence-electron chi connectivity index (χ4n) is 3.35. The number of rotatable bonds is 8. The van der Waals surface area contributed by atoms with Gasteiger partial charge in [-0.2, -0.15) is 0 Å². The highest BCUT2D eigenvalue weighted by molar-refractivity contribution is 14.0. The largest absolute Gasteiger partial charge is 0.497 e. The Morgan fingerprint density at radius 1 is 1.14 bits per heavy atom. The Kier molecular flexibility index (Phi) is 12.0.